The minimum Gasteiger partial charge on any atom is -0.486 e. The molecule has 3 atom stereocenters. The number of hydrogen-bond acceptors (Lipinski definition) is 6. The first kappa shape index (κ1) is 27.6. The number of rotatable bonds is 4. The van der Waals surface area contributed by atoms with Gasteiger partial charge >= 0.3 is 6.18 Å². The molecule has 2 amide bonds. The number of aliphatic imine (C=N–C) groups is 1. The highest BCUT2D eigenvalue weighted by atomic mass is 19.4. The van der Waals surface area contributed by atoms with Crippen LogP contribution < -0.4 is 19.7 Å². The molecule has 3 aliphatic heterocycles. The van der Waals surface area contributed by atoms with E-state index in [0.29, 0.717) is 61.3 Å². The quantitative estimate of drug-likeness (QED) is 0.557. The standard InChI is InChI=1S/C28H28F4N4O4/c1-15-13-36(14-16(2)35(15)3)23-11-21(29)18(17-4-5-24-25(8-17)40-7-6-39-24)9-22(23)34-27(38)19-12-33-26(37)10-20(19)28(30,31)32/h4-5,8-12,15-16,19H,6-7,13-14H2,1-3H3,(H,34,38)/t15-,16+,19?. The molecule has 1 N–H and O–H groups in total. The first-order chi connectivity index (χ1) is 18.9. The van der Waals surface area contributed by atoms with Gasteiger partial charge in [0, 0.05) is 43.0 Å². The molecule has 40 heavy (non-hydrogen) atoms. The minimum atomic E-state index is -4.92. The van der Waals surface area contributed by atoms with Gasteiger partial charge in [0.25, 0.3) is 5.91 Å². The average Bonchev–Trinajstić information content (AvgIpc) is 2.91. The molecule has 0 aliphatic carbocycles. The summed E-state index contributed by atoms with van der Waals surface area (Å²) in [5.74, 6) is -3.62. The Bertz CT molecular complexity index is 1400. The van der Waals surface area contributed by atoms with Crippen molar-refractivity contribution < 1.29 is 36.6 Å². The number of ether oxygens (including phenoxy) is 2. The summed E-state index contributed by atoms with van der Waals surface area (Å²) in [6.07, 6.45) is -3.92. The van der Waals surface area contributed by atoms with Gasteiger partial charge in [-0.15, -0.1) is 0 Å². The summed E-state index contributed by atoms with van der Waals surface area (Å²) in [6.45, 7) is 5.74. The summed E-state index contributed by atoms with van der Waals surface area (Å²) in [6, 6.07) is 7.77. The Morgan fingerprint density at radius 2 is 1.73 bits per heavy atom. The fourth-order valence-corrected chi connectivity index (χ4v) is 5.12. The van der Waals surface area contributed by atoms with Gasteiger partial charge in [0.2, 0.25) is 5.91 Å². The Kier molecular flexibility index (Phi) is 7.30. The van der Waals surface area contributed by atoms with E-state index >= 15 is 4.39 Å². The van der Waals surface area contributed by atoms with Gasteiger partial charge in [-0.2, -0.15) is 13.2 Å². The Morgan fingerprint density at radius 3 is 2.40 bits per heavy atom. The van der Waals surface area contributed by atoms with Crippen molar-refractivity contribution in [2.75, 3.05) is 43.6 Å². The van der Waals surface area contributed by atoms with E-state index in [0.717, 1.165) is 0 Å². The molecule has 12 heteroatoms. The Balaban J connectivity index is 1.56. The third-order valence-corrected chi connectivity index (χ3v) is 7.47. The lowest BCUT2D eigenvalue weighted by Gasteiger charge is -2.44. The molecule has 3 aliphatic rings. The van der Waals surface area contributed by atoms with Crippen molar-refractivity contribution in [3.63, 3.8) is 0 Å². The van der Waals surface area contributed by atoms with E-state index in [4.69, 9.17) is 9.47 Å². The van der Waals surface area contributed by atoms with Crippen molar-refractivity contribution in [1.82, 2.24) is 4.90 Å². The molecule has 2 aromatic rings. The summed E-state index contributed by atoms with van der Waals surface area (Å²) in [7, 11) is 1.98. The maximum Gasteiger partial charge on any atom is 0.414 e. The van der Waals surface area contributed by atoms with Crippen LogP contribution in [0.5, 0.6) is 11.5 Å². The first-order valence-electron chi connectivity index (χ1n) is 12.8. The Hall–Kier alpha value is -3.93. The molecule has 5 rings (SSSR count). The predicted octanol–water partition coefficient (Wildman–Crippen LogP) is 4.45. The van der Waals surface area contributed by atoms with Crippen LogP contribution in [0.2, 0.25) is 0 Å². The fourth-order valence-electron chi connectivity index (χ4n) is 5.12. The van der Waals surface area contributed by atoms with Crippen LogP contribution in [0, 0.1) is 11.7 Å². The molecule has 2 aromatic carbocycles. The second-order valence-corrected chi connectivity index (χ2v) is 10.2. The number of nitrogens with one attached hydrogen (secondary N) is 1. The fraction of sp³-hybridized carbons (Fsp3) is 0.393. The van der Waals surface area contributed by atoms with Crippen molar-refractivity contribution >= 4 is 29.4 Å². The van der Waals surface area contributed by atoms with Gasteiger partial charge in [-0.3, -0.25) is 14.5 Å². The van der Waals surface area contributed by atoms with Crippen molar-refractivity contribution in [3.05, 3.63) is 47.8 Å². The van der Waals surface area contributed by atoms with Crippen LogP contribution in [0.3, 0.4) is 0 Å². The summed E-state index contributed by atoms with van der Waals surface area (Å²) >= 11 is 0. The number of halogens is 4. The van der Waals surface area contributed by atoms with Gasteiger partial charge in [0.15, 0.2) is 11.5 Å². The molecule has 1 unspecified atom stereocenters. The van der Waals surface area contributed by atoms with Gasteiger partial charge in [0.05, 0.1) is 16.9 Å². The van der Waals surface area contributed by atoms with E-state index < -0.39 is 35.3 Å². The van der Waals surface area contributed by atoms with Crippen molar-refractivity contribution in [2.24, 2.45) is 10.9 Å². The second kappa shape index (κ2) is 10.6. The Labute approximate surface area is 228 Å². The van der Waals surface area contributed by atoms with Gasteiger partial charge in [-0.05, 0) is 50.7 Å². The molecule has 212 valence electrons. The molecule has 0 radical (unpaired) electrons. The lowest BCUT2D eigenvalue weighted by atomic mass is 9.95. The van der Waals surface area contributed by atoms with Crippen LogP contribution in [0.25, 0.3) is 11.1 Å². The number of dihydropyridines is 1. The molecule has 8 nitrogen and oxygen atoms in total. The van der Waals surface area contributed by atoms with Crippen LogP contribution in [0.1, 0.15) is 13.8 Å². The second-order valence-electron chi connectivity index (χ2n) is 10.2. The summed E-state index contributed by atoms with van der Waals surface area (Å²) in [5, 5.41) is 2.57. The number of fused-ring (bicyclic) bond motifs is 1. The number of alkyl halides is 3. The summed E-state index contributed by atoms with van der Waals surface area (Å²) in [4.78, 5) is 32.3. The Morgan fingerprint density at radius 1 is 1.05 bits per heavy atom. The number of benzene rings is 2. The van der Waals surface area contributed by atoms with E-state index in [9.17, 15) is 22.8 Å². The lowest BCUT2D eigenvalue weighted by molar-refractivity contribution is -0.124. The molecule has 0 saturated carbocycles. The van der Waals surface area contributed by atoms with Crippen LogP contribution in [0.4, 0.5) is 28.9 Å². The van der Waals surface area contributed by atoms with Crippen molar-refractivity contribution in [1.29, 1.82) is 0 Å². The number of amides is 2. The zero-order valence-electron chi connectivity index (χ0n) is 22.1. The van der Waals surface area contributed by atoms with Crippen LogP contribution in [-0.2, 0) is 9.59 Å². The lowest BCUT2D eigenvalue weighted by Crippen LogP contribution is -2.55. The highest BCUT2D eigenvalue weighted by molar-refractivity contribution is 6.11. The third-order valence-electron chi connectivity index (χ3n) is 7.47. The number of hydrogen-bond donors (Lipinski definition) is 1. The SMILES string of the molecule is C[C@@H]1CN(c2cc(F)c(-c3ccc4c(c3)OCCO4)cc2NC(=O)C2C=NC(=O)C=C2C(F)(F)F)C[C@H](C)N1C. The summed E-state index contributed by atoms with van der Waals surface area (Å²) in [5.41, 5.74) is -0.301. The van der Waals surface area contributed by atoms with Crippen LogP contribution in [0.15, 0.2) is 47.0 Å². The zero-order chi connectivity index (χ0) is 28.8. The van der Waals surface area contributed by atoms with Crippen LogP contribution >= 0.6 is 0 Å². The smallest absolute Gasteiger partial charge is 0.414 e. The van der Waals surface area contributed by atoms with Gasteiger partial charge in [0.1, 0.15) is 24.9 Å². The number of anilines is 2. The molecule has 0 spiro atoms. The molecular formula is C28H28F4N4O4. The number of likely N-dealkylation sites (N-methyl/N-ethyl adjacent to an activating group) is 1. The monoisotopic (exact) mass is 560 g/mol. The third kappa shape index (κ3) is 5.40. The van der Waals surface area contributed by atoms with E-state index in [1.807, 2.05) is 25.8 Å². The predicted molar refractivity (Wildman–Crippen MR) is 141 cm³/mol. The summed E-state index contributed by atoms with van der Waals surface area (Å²) < 4.78 is 67.9. The van der Waals surface area contributed by atoms with Gasteiger partial charge in [-0.25, -0.2) is 9.38 Å². The molecule has 0 bridgehead atoms. The molecule has 1 fully saturated rings. The minimum absolute atomic E-state index is 0.0871. The van der Waals surface area contributed by atoms with Crippen molar-refractivity contribution in [2.45, 2.75) is 32.1 Å². The van der Waals surface area contributed by atoms with E-state index in [2.05, 4.69) is 15.2 Å². The van der Waals surface area contributed by atoms with Crippen molar-refractivity contribution in [3.8, 4) is 22.6 Å². The molecule has 0 aromatic heterocycles. The maximum absolute atomic E-state index is 15.7. The largest absolute Gasteiger partial charge is 0.486 e. The average molecular weight is 561 g/mol. The number of carbonyl (C=O) groups is 2. The van der Waals surface area contributed by atoms with E-state index in [1.165, 1.54) is 12.1 Å². The molecular weight excluding hydrogens is 532 g/mol. The highest BCUT2D eigenvalue weighted by Crippen LogP contribution is 2.40. The normalized spacial score (nSPS) is 23.2. The van der Waals surface area contributed by atoms with E-state index in [-0.39, 0.29) is 23.3 Å². The van der Waals surface area contributed by atoms with Gasteiger partial charge in [-0.1, -0.05) is 6.07 Å². The molecule has 3 heterocycles. The topological polar surface area (TPSA) is 83.5 Å². The maximum atomic E-state index is 15.7. The first-order valence-corrected chi connectivity index (χ1v) is 12.8. The molecule has 1 saturated heterocycles. The van der Waals surface area contributed by atoms with Crippen LogP contribution in [-0.4, -0.2) is 74.5 Å². The number of carbonyl (C=O) groups excluding carboxylic acids is 2. The highest BCUT2D eigenvalue weighted by Gasteiger charge is 2.43. The van der Waals surface area contributed by atoms with E-state index in [1.54, 1.807) is 18.2 Å². The number of piperazine rings is 1. The van der Waals surface area contributed by atoms with Gasteiger partial charge < -0.3 is 19.7 Å². The zero-order valence-corrected chi connectivity index (χ0v) is 22.1. The number of nitrogens with zero attached hydrogens (tertiary/aromatic N) is 3.